The zero-order chi connectivity index (χ0) is 12.1. The Hall–Kier alpha value is -0.290. The molecule has 0 aliphatic heterocycles. The average Bonchev–Trinajstić information content (AvgIpc) is 2.29. The Labute approximate surface area is 108 Å². The summed E-state index contributed by atoms with van der Waals surface area (Å²) in [6, 6.07) is 5.19. The number of aliphatic hydroxyl groups excluding tert-OH is 2. The molecule has 0 saturated heterocycles. The van der Waals surface area contributed by atoms with Gasteiger partial charge in [-0.2, -0.15) is 0 Å². The summed E-state index contributed by atoms with van der Waals surface area (Å²) in [6.45, 7) is 0. The van der Waals surface area contributed by atoms with Gasteiger partial charge in [0.2, 0.25) is 0 Å². The molecule has 2 atom stereocenters. The molecule has 0 aliphatic carbocycles. The van der Waals surface area contributed by atoms with Crippen LogP contribution in [-0.4, -0.2) is 29.3 Å². The molecule has 1 aromatic rings. The number of ether oxygens (including phenoxy) is 1. The van der Waals surface area contributed by atoms with Crippen molar-refractivity contribution in [2.24, 2.45) is 0 Å². The van der Waals surface area contributed by atoms with E-state index in [9.17, 15) is 10.2 Å². The summed E-state index contributed by atoms with van der Waals surface area (Å²) in [5.74, 6) is 0.931. The molecule has 0 amide bonds. The first-order valence-electron chi connectivity index (χ1n) is 4.85. The average molecular weight is 310 g/mol. The van der Waals surface area contributed by atoms with Crippen LogP contribution >= 0.6 is 27.5 Å². The van der Waals surface area contributed by atoms with Crippen LogP contribution in [0.25, 0.3) is 0 Å². The normalized spacial score (nSPS) is 14.6. The van der Waals surface area contributed by atoms with Crippen LogP contribution in [0.3, 0.4) is 0 Å². The van der Waals surface area contributed by atoms with E-state index in [0.717, 1.165) is 4.47 Å². The standard InChI is InChI=1S/C11H14BrClO3/c1-16-10-6-7(2-3-8(10)12)11(15)9(14)4-5-13/h2-3,6,9,11,14-15H,4-5H2,1H3. The molecule has 2 N–H and O–H groups in total. The third kappa shape index (κ3) is 3.35. The molecule has 0 heterocycles. The van der Waals surface area contributed by atoms with Crippen molar-refractivity contribution >= 4 is 27.5 Å². The van der Waals surface area contributed by atoms with Crippen molar-refractivity contribution in [3.63, 3.8) is 0 Å². The maximum absolute atomic E-state index is 9.85. The van der Waals surface area contributed by atoms with Gasteiger partial charge in [0.25, 0.3) is 0 Å². The predicted octanol–water partition coefficient (Wildman–Crippen LogP) is 2.48. The Balaban J connectivity index is 2.87. The van der Waals surface area contributed by atoms with Crippen LogP contribution in [0.2, 0.25) is 0 Å². The van der Waals surface area contributed by atoms with Crippen LogP contribution in [0.15, 0.2) is 22.7 Å². The second-order valence-electron chi connectivity index (χ2n) is 3.38. The van der Waals surface area contributed by atoms with Crippen molar-refractivity contribution in [3.05, 3.63) is 28.2 Å². The molecular weight excluding hydrogens is 295 g/mol. The lowest BCUT2D eigenvalue weighted by atomic mass is 10.0. The number of methoxy groups -OCH3 is 1. The quantitative estimate of drug-likeness (QED) is 0.822. The summed E-state index contributed by atoms with van der Waals surface area (Å²) in [7, 11) is 1.55. The monoisotopic (exact) mass is 308 g/mol. The minimum absolute atomic E-state index is 0.311. The third-order valence-electron chi connectivity index (χ3n) is 2.29. The Morgan fingerprint density at radius 3 is 2.69 bits per heavy atom. The fourth-order valence-electron chi connectivity index (χ4n) is 1.35. The molecule has 0 saturated carbocycles. The first-order valence-corrected chi connectivity index (χ1v) is 6.18. The first kappa shape index (κ1) is 13.8. The Kier molecular flexibility index (Phi) is 5.55. The molecule has 0 aromatic heterocycles. The van der Waals surface area contributed by atoms with Gasteiger partial charge in [-0.25, -0.2) is 0 Å². The number of benzene rings is 1. The number of alkyl halides is 1. The smallest absolute Gasteiger partial charge is 0.133 e. The fraction of sp³-hybridized carbons (Fsp3) is 0.455. The summed E-state index contributed by atoms with van der Waals surface area (Å²) in [6.07, 6.45) is -1.45. The van der Waals surface area contributed by atoms with E-state index in [0.29, 0.717) is 23.6 Å². The van der Waals surface area contributed by atoms with E-state index in [4.69, 9.17) is 16.3 Å². The second-order valence-corrected chi connectivity index (χ2v) is 4.62. The van der Waals surface area contributed by atoms with Crippen molar-refractivity contribution in [3.8, 4) is 5.75 Å². The van der Waals surface area contributed by atoms with Crippen molar-refractivity contribution < 1.29 is 14.9 Å². The van der Waals surface area contributed by atoms with Gasteiger partial charge in [0.05, 0.1) is 17.7 Å². The number of halogens is 2. The van der Waals surface area contributed by atoms with Crippen LogP contribution in [0.5, 0.6) is 5.75 Å². The van der Waals surface area contributed by atoms with E-state index in [1.165, 1.54) is 0 Å². The lowest BCUT2D eigenvalue weighted by molar-refractivity contribution is 0.0169. The van der Waals surface area contributed by atoms with E-state index < -0.39 is 12.2 Å². The zero-order valence-corrected chi connectivity index (χ0v) is 11.2. The van der Waals surface area contributed by atoms with Gasteiger partial charge in [0.1, 0.15) is 11.9 Å². The topological polar surface area (TPSA) is 49.7 Å². The lowest BCUT2D eigenvalue weighted by Crippen LogP contribution is -2.18. The highest BCUT2D eigenvalue weighted by Crippen LogP contribution is 2.29. The van der Waals surface area contributed by atoms with E-state index in [2.05, 4.69) is 15.9 Å². The van der Waals surface area contributed by atoms with E-state index in [-0.39, 0.29) is 0 Å². The third-order valence-corrected chi connectivity index (χ3v) is 3.16. The van der Waals surface area contributed by atoms with Gasteiger partial charge in [-0.05, 0) is 40.0 Å². The molecule has 0 spiro atoms. The van der Waals surface area contributed by atoms with E-state index in [1.807, 2.05) is 0 Å². The van der Waals surface area contributed by atoms with Crippen LogP contribution in [0, 0.1) is 0 Å². The molecule has 0 aliphatic rings. The highest BCUT2D eigenvalue weighted by atomic mass is 79.9. The van der Waals surface area contributed by atoms with Crippen molar-refractivity contribution in [2.45, 2.75) is 18.6 Å². The molecule has 1 rings (SSSR count). The lowest BCUT2D eigenvalue weighted by Gasteiger charge is -2.18. The number of hydrogen-bond acceptors (Lipinski definition) is 3. The molecule has 1 aromatic carbocycles. The maximum Gasteiger partial charge on any atom is 0.133 e. The van der Waals surface area contributed by atoms with Crippen molar-refractivity contribution in [1.29, 1.82) is 0 Å². The maximum atomic E-state index is 9.85. The van der Waals surface area contributed by atoms with Gasteiger partial charge in [0, 0.05) is 5.88 Å². The molecule has 5 heteroatoms. The Morgan fingerprint density at radius 1 is 1.44 bits per heavy atom. The Morgan fingerprint density at radius 2 is 2.12 bits per heavy atom. The van der Waals surface area contributed by atoms with Crippen molar-refractivity contribution in [2.75, 3.05) is 13.0 Å². The van der Waals surface area contributed by atoms with Gasteiger partial charge >= 0.3 is 0 Å². The van der Waals surface area contributed by atoms with Crippen LogP contribution in [0.4, 0.5) is 0 Å². The molecule has 90 valence electrons. The minimum Gasteiger partial charge on any atom is -0.496 e. The summed E-state index contributed by atoms with van der Waals surface area (Å²) in [5.41, 5.74) is 0.609. The largest absolute Gasteiger partial charge is 0.496 e. The van der Waals surface area contributed by atoms with Gasteiger partial charge in [-0.1, -0.05) is 6.07 Å². The highest BCUT2D eigenvalue weighted by Gasteiger charge is 2.18. The fourth-order valence-corrected chi connectivity index (χ4v) is 1.98. The molecule has 0 radical (unpaired) electrons. The first-order chi connectivity index (χ1) is 7.60. The van der Waals surface area contributed by atoms with Crippen LogP contribution in [-0.2, 0) is 0 Å². The highest BCUT2D eigenvalue weighted by molar-refractivity contribution is 9.10. The van der Waals surface area contributed by atoms with E-state index in [1.54, 1.807) is 25.3 Å². The van der Waals surface area contributed by atoms with Gasteiger partial charge in [0.15, 0.2) is 0 Å². The van der Waals surface area contributed by atoms with Gasteiger partial charge in [-0.15, -0.1) is 11.6 Å². The molecule has 0 bridgehead atoms. The number of aliphatic hydroxyl groups is 2. The zero-order valence-electron chi connectivity index (χ0n) is 8.86. The summed E-state index contributed by atoms with van der Waals surface area (Å²) in [4.78, 5) is 0. The number of rotatable bonds is 5. The Bertz CT molecular complexity index is 346. The second kappa shape index (κ2) is 6.45. The van der Waals surface area contributed by atoms with Crippen LogP contribution < -0.4 is 4.74 Å². The summed E-state index contributed by atoms with van der Waals surface area (Å²) < 4.78 is 5.91. The molecule has 16 heavy (non-hydrogen) atoms. The number of hydrogen-bond donors (Lipinski definition) is 2. The summed E-state index contributed by atoms with van der Waals surface area (Å²) in [5, 5.41) is 19.5. The molecule has 0 fully saturated rings. The van der Waals surface area contributed by atoms with Gasteiger partial charge in [-0.3, -0.25) is 0 Å². The SMILES string of the molecule is COc1cc(C(O)C(O)CCCl)ccc1Br. The molecular formula is C11H14BrClO3. The van der Waals surface area contributed by atoms with Crippen LogP contribution in [0.1, 0.15) is 18.1 Å². The predicted molar refractivity (Wildman–Crippen MR) is 67.0 cm³/mol. The van der Waals surface area contributed by atoms with E-state index >= 15 is 0 Å². The van der Waals surface area contributed by atoms with Crippen molar-refractivity contribution in [1.82, 2.24) is 0 Å². The molecule has 3 nitrogen and oxygen atoms in total. The molecule has 2 unspecified atom stereocenters. The van der Waals surface area contributed by atoms with Gasteiger partial charge < -0.3 is 14.9 Å². The summed E-state index contributed by atoms with van der Waals surface area (Å²) >= 11 is 8.83. The minimum atomic E-state index is -0.944.